The summed E-state index contributed by atoms with van der Waals surface area (Å²) in [7, 11) is 0. The van der Waals surface area contributed by atoms with Gasteiger partial charge in [0.2, 0.25) is 0 Å². The topological polar surface area (TPSA) is 0 Å². The van der Waals surface area contributed by atoms with Gasteiger partial charge in [0.1, 0.15) is 0 Å². The normalized spacial score (nSPS) is 0. The van der Waals surface area contributed by atoms with E-state index >= 15 is 0 Å². The van der Waals surface area contributed by atoms with Crippen LogP contribution in [-0.4, -0.2) is 24.4 Å². The monoisotopic (exact) mass is 197 g/mol. The molecule has 0 heterocycles. The van der Waals surface area contributed by atoms with E-state index in [1.807, 2.05) is 0 Å². The van der Waals surface area contributed by atoms with E-state index in [0.29, 0.717) is 0 Å². The van der Waals surface area contributed by atoms with Gasteiger partial charge in [-0.05, 0) is 0 Å². The van der Waals surface area contributed by atoms with Gasteiger partial charge < -0.3 is 18.8 Å². The predicted octanol–water partition coefficient (Wildman–Crippen LogP) is -12.4. The molecule has 0 amide bonds. The maximum Gasteiger partial charge on any atom is 0 e. The third-order valence-electron chi connectivity index (χ3n) is 0. The van der Waals surface area contributed by atoms with Gasteiger partial charge in [0.15, 0.2) is 0 Å². The quantitative estimate of drug-likeness (QED) is 0.267. The van der Waals surface area contributed by atoms with Gasteiger partial charge in [-0.2, -0.15) is 0 Å². The molecule has 37 valence electrons. The zero-order valence-corrected chi connectivity index (χ0v) is 4.51. The Labute approximate surface area is 43.9 Å². The Morgan fingerprint density at radius 1 is 0.400 bits per heavy atom. The fraction of sp³-hybridized carbons (Fsp3) is 0. The summed E-state index contributed by atoms with van der Waals surface area (Å²) in [5.41, 5.74) is 0. The van der Waals surface area contributed by atoms with Gasteiger partial charge in [-0.25, -0.2) is 0 Å². The molecule has 0 aliphatic heterocycles. The molecule has 0 aliphatic carbocycles. The van der Waals surface area contributed by atoms with Gasteiger partial charge in [0, 0.05) is 24.4 Å². The molecule has 0 saturated heterocycles. The molecule has 0 fully saturated rings. The van der Waals surface area contributed by atoms with Crippen molar-refractivity contribution in [3.05, 3.63) is 0 Å². The van der Waals surface area contributed by atoms with E-state index in [9.17, 15) is 0 Å². The van der Waals surface area contributed by atoms with Crippen LogP contribution in [0.4, 0.5) is 0 Å². The van der Waals surface area contributed by atoms with E-state index in [4.69, 9.17) is 0 Å². The maximum atomic E-state index is 0. The molecule has 0 unspecified atom stereocenters. The van der Waals surface area contributed by atoms with Crippen LogP contribution in [0.5, 0.6) is 0 Å². The molecule has 5 heteroatoms. The summed E-state index contributed by atoms with van der Waals surface area (Å²) in [6, 6.07) is 0. The zero-order chi connectivity index (χ0) is 0. The number of hydrogen-bond donors (Lipinski definition) is 0. The fourth-order valence-corrected chi connectivity index (χ4v) is 0. The summed E-state index contributed by atoms with van der Waals surface area (Å²) in [5, 5.41) is 0. The summed E-state index contributed by atoms with van der Waals surface area (Å²) in [4.78, 5) is 0. The molecule has 0 aromatic rings. The first-order chi connectivity index (χ1) is 0. The molecule has 0 saturated carbocycles. The van der Waals surface area contributed by atoms with E-state index < -0.39 is 0 Å². The first kappa shape index (κ1) is 394. The molecule has 5 heavy (non-hydrogen) atoms. The van der Waals surface area contributed by atoms with Gasteiger partial charge >= 0.3 is 0 Å². The molecule has 0 spiro atoms. The largest absolute Gasteiger partial charge is 1.00 e. The Balaban J connectivity index is 0. The maximum absolute atomic E-state index is 0. The molecule has 0 nitrogen and oxygen atoms in total. The van der Waals surface area contributed by atoms with Crippen LogP contribution in [0, 0.1) is 0 Å². The third kappa shape index (κ3) is 101. The molecule has 0 rings (SSSR count). The standard InChI is InChI=1S/4FH.Sb/h4*1H;/p-4. The van der Waals surface area contributed by atoms with Crippen LogP contribution in [0.3, 0.4) is 0 Å². The second kappa shape index (κ2) is 196. The number of rotatable bonds is 0. The van der Waals surface area contributed by atoms with Crippen molar-refractivity contribution in [2.75, 3.05) is 0 Å². The third-order valence-corrected chi connectivity index (χ3v) is 0. The Kier molecular flexibility index (Phi) is 15400. The molecular formula is F4Sb-4. The van der Waals surface area contributed by atoms with Crippen LogP contribution in [0.1, 0.15) is 0 Å². The Morgan fingerprint density at radius 3 is 0.400 bits per heavy atom. The minimum atomic E-state index is 0. The van der Waals surface area contributed by atoms with E-state index in [1.54, 1.807) is 0 Å². The van der Waals surface area contributed by atoms with Crippen molar-refractivity contribution in [3.8, 4) is 0 Å². The molecule has 0 bridgehead atoms. The van der Waals surface area contributed by atoms with E-state index in [-0.39, 0.29) is 43.2 Å². The van der Waals surface area contributed by atoms with Crippen LogP contribution in [0.15, 0.2) is 0 Å². The van der Waals surface area contributed by atoms with Crippen LogP contribution in [-0.2, 0) is 0 Å². The van der Waals surface area contributed by atoms with Crippen LogP contribution >= 0.6 is 0 Å². The number of hydrogen-bond acceptors (Lipinski definition) is 0. The Morgan fingerprint density at radius 2 is 0.400 bits per heavy atom. The van der Waals surface area contributed by atoms with Crippen molar-refractivity contribution in [2.24, 2.45) is 0 Å². The summed E-state index contributed by atoms with van der Waals surface area (Å²) in [5.74, 6) is 0. The average Bonchev–Trinajstić information content (AvgIpc) is 0. The average molecular weight is 198 g/mol. The van der Waals surface area contributed by atoms with E-state index in [2.05, 4.69) is 0 Å². The summed E-state index contributed by atoms with van der Waals surface area (Å²) in [6.07, 6.45) is 0. The van der Waals surface area contributed by atoms with Crippen molar-refractivity contribution < 1.29 is 18.8 Å². The van der Waals surface area contributed by atoms with Crippen molar-refractivity contribution in [2.45, 2.75) is 0 Å². The predicted molar refractivity (Wildman–Crippen MR) is 5.75 cm³/mol. The van der Waals surface area contributed by atoms with Gasteiger partial charge in [-0.1, -0.05) is 0 Å². The van der Waals surface area contributed by atoms with E-state index in [0.717, 1.165) is 0 Å². The first-order valence-electron chi connectivity index (χ1n) is 0. The van der Waals surface area contributed by atoms with Gasteiger partial charge in [0.25, 0.3) is 0 Å². The van der Waals surface area contributed by atoms with Crippen molar-refractivity contribution >= 4 is 24.4 Å². The van der Waals surface area contributed by atoms with Crippen LogP contribution in [0.25, 0.3) is 0 Å². The first-order valence-corrected chi connectivity index (χ1v) is 0. The minimum Gasteiger partial charge on any atom is -1.00 e. The van der Waals surface area contributed by atoms with Gasteiger partial charge in [0.05, 0.1) is 0 Å². The number of halogens is 4. The molecule has 0 N–H and O–H groups in total. The van der Waals surface area contributed by atoms with Crippen LogP contribution in [0.2, 0.25) is 0 Å². The second-order valence-electron chi connectivity index (χ2n) is 0. The second-order valence-corrected chi connectivity index (χ2v) is 0. The smallest absolute Gasteiger partial charge is 0 e. The van der Waals surface area contributed by atoms with Crippen molar-refractivity contribution in [1.29, 1.82) is 0 Å². The molecule has 0 aliphatic rings. The molecule has 0 aromatic heterocycles. The van der Waals surface area contributed by atoms with Gasteiger partial charge in [-0.3, -0.25) is 0 Å². The summed E-state index contributed by atoms with van der Waals surface area (Å²) in [6.45, 7) is 0. The van der Waals surface area contributed by atoms with Crippen LogP contribution < -0.4 is 18.8 Å². The SMILES string of the molecule is [F-].[F-].[F-].[F-].[Sb]. The fourth-order valence-electron chi connectivity index (χ4n) is 0. The molecule has 0 aromatic carbocycles. The Bertz CT molecular complexity index is 3.61. The molecule has 3 radical (unpaired) electrons. The minimum absolute atomic E-state index is 0. The molecule has 0 atom stereocenters. The molecular weight excluding hydrogens is 198 g/mol. The van der Waals surface area contributed by atoms with Crippen molar-refractivity contribution in [3.63, 3.8) is 0 Å². The summed E-state index contributed by atoms with van der Waals surface area (Å²) >= 11 is 0. The van der Waals surface area contributed by atoms with E-state index in [1.165, 1.54) is 0 Å². The van der Waals surface area contributed by atoms with Gasteiger partial charge in [-0.15, -0.1) is 0 Å². The van der Waals surface area contributed by atoms with Crippen molar-refractivity contribution in [1.82, 2.24) is 0 Å². The Hall–Kier alpha value is 0.538. The zero-order valence-electron chi connectivity index (χ0n) is 1.96. The summed E-state index contributed by atoms with van der Waals surface area (Å²) < 4.78 is 0.